The summed E-state index contributed by atoms with van der Waals surface area (Å²) < 4.78 is 0. The number of phenols is 1. The summed E-state index contributed by atoms with van der Waals surface area (Å²) in [7, 11) is 3.57. The van der Waals surface area contributed by atoms with Gasteiger partial charge in [0.15, 0.2) is 0 Å². The number of amides is 1. The molecule has 0 bridgehead atoms. The summed E-state index contributed by atoms with van der Waals surface area (Å²) in [6.07, 6.45) is 0.472. The minimum Gasteiger partial charge on any atom is -0.507 e. The number of nitrogens with zero attached hydrogens (tertiary/aromatic N) is 1. The summed E-state index contributed by atoms with van der Waals surface area (Å²) in [5, 5.41) is 12.5. The lowest BCUT2D eigenvalue weighted by Crippen LogP contribution is -2.26. The quantitative estimate of drug-likeness (QED) is 0.809. The highest BCUT2D eigenvalue weighted by molar-refractivity contribution is 5.75. The van der Waals surface area contributed by atoms with Crippen LogP contribution in [0.15, 0.2) is 18.2 Å². The van der Waals surface area contributed by atoms with Gasteiger partial charge >= 0.3 is 0 Å². The first-order valence-corrected chi connectivity index (χ1v) is 5.71. The first-order chi connectivity index (χ1) is 8.04. The van der Waals surface area contributed by atoms with Crippen molar-refractivity contribution in [3.63, 3.8) is 0 Å². The molecule has 0 aliphatic heterocycles. The molecule has 4 heteroatoms. The zero-order valence-electron chi connectivity index (χ0n) is 10.7. The second kappa shape index (κ2) is 6.25. The van der Waals surface area contributed by atoms with Crippen molar-refractivity contribution in [3.8, 4) is 5.75 Å². The molecule has 0 unspecified atom stereocenters. The Kier molecular flexibility index (Phi) is 4.97. The molecule has 0 aliphatic carbocycles. The number of phenolic OH excluding ortho intramolecular Hbond substituents is 1. The lowest BCUT2D eigenvalue weighted by molar-refractivity contribution is -0.120. The van der Waals surface area contributed by atoms with Crippen molar-refractivity contribution in [2.75, 3.05) is 20.6 Å². The Labute approximate surface area is 102 Å². The molecule has 1 amide bonds. The first-order valence-electron chi connectivity index (χ1n) is 5.71. The first kappa shape index (κ1) is 13.5. The minimum absolute atomic E-state index is 0.0327. The van der Waals surface area contributed by atoms with Gasteiger partial charge in [0.05, 0.1) is 0 Å². The van der Waals surface area contributed by atoms with Crippen LogP contribution in [0.1, 0.15) is 17.5 Å². The number of carbonyl (C=O) groups excluding carboxylic acids is 1. The van der Waals surface area contributed by atoms with E-state index < -0.39 is 0 Å². The van der Waals surface area contributed by atoms with Crippen LogP contribution < -0.4 is 5.32 Å². The van der Waals surface area contributed by atoms with E-state index in [-0.39, 0.29) is 5.91 Å². The molecular formula is C13H20N2O2. The van der Waals surface area contributed by atoms with Crippen molar-refractivity contribution >= 4 is 5.91 Å². The maximum atomic E-state index is 11.1. The van der Waals surface area contributed by atoms with Gasteiger partial charge < -0.3 is 15.3 Å². The lowest BCUT2D eigenvalue weighted by Gasteiger charge is -2.17. The second-order valence-corrected chi connectivity index (χ2v) is 4.24. The van der Waals surface area contributed by atoms with Gasteiger partial charge in [0.25, 0.3) is 0 Å². The largest absolute Gasteiger partial charge is 0.507 e. The molecule has 0 heterocycles. The zero-order chi connectivity index (χ0) is 12.8. The molecule has 0 saturated carbocycles. The van der Waals surface area contributed by atoms with Gasteiger partial charge in [-0.15, -0.1) is 0 Å². The van der Waals surface area contributed by atoms with Gasteiger partial charge in [0.2, 0.25) is 5.91 Å². The molecule has 0 saturated heterocycles. The molecule has 0 aromatic heterocycles. The summed E-state index contributed by atoms with van der Waals surface area (Å²) in [6.45, 7) is 3.20. The van der Waals surface area contributed by atoms with Crippen LogP contribution in [0, 0.1) is 6.92 Å². The van der Waals surface area contributed by atoms with Gasteiger partial charge in [-0.2, -0.15) is 0 Å². The average Bonchev–Trinajstić information content (AvgIpc) is 2.32. The topological polar surface area (TPSA) is 52.6 Å². The Balaban J connectivity index is 2.53. The standard InChI is InChI=1S/C13H20N2O2/c1-10-5-4-6-11(13(10)17)9-15(3)8-7-12(16)14-2/h4-6,17H,7-9H2,1-3H3,(H,14,16). The van der Waals surface area contributed by atoms with Crippen molar-refractivity contribution in [3.05, 3.63) is 29.3 Å². The van der Waals surface area contributed by atoms with Crippen LogP contribution in [0.5, 0.6) is 5.75 Å². The van der Waals surface area contributed by atoms with Crippen LogP contribution in [0.25, 0.3) is 0 Å². The maximum Gasteiger partial charge on any atom is 0.221 e. The lowest BCUT2D eigenvalue weighted by atomic mass is 10.1. The van der Waals surface area contributed by atoms with Crippen LogP contribution >= 0.6 is 0 Å². The highest BCUT2D eigenvalue weighted by Crippen LogP contribution is 2.22. The van der Waals surface area contributed by atoms with Gasteiger partial charge in [-0.1, -0.05) is 18.2 Å². The van der Waals surface area contributed by atoms with Gasteiger partial charge in [-0.25, -0.2) is 0 Å². The maximum absolute atomic E-state index is 11.1. The highest BCUT2D eigenvalue weighted by atomic mass is 16.3. The number of aromatic hydroxyl groups is 1. The third-order valence-electron chi connectivity index (χ3n) is 2.76. The Hall–Kier alpha value is -1.55. The van der Waals surface area contributed by atoms with Crippen molar-refractivity contribution in [2.45, 2.75) is 19.9 Å². The SMILES string of the molecule is CNC(=O)CCN(C)Cc1cccc(C)c1O. The molecule has 0 radical (unpaired) electrons. The van der Waals surface area contributed by atoms with E-state index in [9.17, 15) is 9.90 Å². The summed E-state index contributed by atoms with van der Waals surface area (Å²) in [6, 6.07) is 5.71. The molecule has 1 rings (SSSR count). The summed E-state index contributed by atoms with van der Waals surface area (Å²) in [5.74, 6) is 0.379. The van der Waals surface area contributed by atoms with Crippen LogP contribution in [0.2, 0.25) is 0 Å². The van der Waals surface area contributed by atoms with Crippen LogP contribution in [0.4, 0.5) is 0 Å². The van der Waals surface area contributed by atoms with Crippen molar-refractivity contribution in [1.82, 2.24) is 10.2 Å². The Morgan fingerprint density at radius 3 is 2.82 bits per heavy atom. The number of hydrogen-bond acceptors (Lipinski definition) is 3. The molecule has 2 N–H and O–H groups in total. The van der Waals surface area contributed by atoms with E-state index in [4.69, 9.17) is 0 Å². The van der Waals surface area contributed by atoms with Crippen LogP contribution in [0.3, 0.4) is 0 Å². The molecule has 0 spiro atoms. The van der Waals surface area contributed by atoms with Gasteiger partial charge in [-0.05, 0) is 19.5 Å². The molecule has 0 fully saturated rings. The molecular weight excluding hydrogens is 216 g/mol. The monoisotopic (exact) mass is 236 g/mol. The van der Waals surface area contributed by atoms with Gasteiger partial charge in [0.1, 0.15) is 5.75 Å². The number of aryl methyl sites for hydroxylation is 1. The second-order valence-electron chi connectivity index (χ2n) is 4.24. The number of benzene rings is 1. The number of carbonyl (C=O) groups is 1. The normalized spacial score (nSPS) is 10.6. The zero-order valence-corrected chi connectivity index (χ0v) is 10.7. The number of nitrogens with one attached hydrogen (secondary N) is 1. The van der Waals surface area contributed by atoms with Crippen molar-refractivity contribution in [1.29, 1.82) is 0 Å². The highest BCUT2D eigenvalue weighted by Gasteiger charge is 2.08. The molecule has 1 aromatic carbocycles. The third-order valence-corrected chi connectivity index (χ3v) is 2.76. The summed E-state index contributed by atoms with van der Waals surface area (Å²) in [5.41, 5.74) is 1.77. The Morgan fingerprint density at radius 1 is 1.47 bits per heavy atom. The third kappa shape index (κ3) is 4.07. The van der Waals surface area contributed by atoms with E-state index in [0.29, 0.717) is 25.3 Å². The smallest absolute Gasteiger partial charge is 0.221 e. The van der Waals surface area contributed by atoms with Gasteiger partial charge in [-0.3, -0.25) is 4.79 Å². The van der Waals surface area contributed by atoms with E-state index in [1.807, 2.05) is 37.1 Å². The fourth-order valence-corrected chi connectivity index (χ4v) is 1.63. The Morgan fingerprint density at radius 2 is 2.18 bits per heavy atom. The molecule has 1 aromatic rings. The molecule has 17 heavy (non-hydrogen) atoms. The van der Waals surface area contributed by atoms with E-state index in [1.165, 1.54) is 0 Å². The van der Waals surface area contributed by atoms with Gasteiger partial charge in [0, 0.05) is 32.1 Å². The molecule has 94 valence electrons. The van der Waals surface area contributed by atoms with Crippen LogP contribution in [-0.2, 0) is 11.3 Å². The number of rotatable bonds is 5. The van der Waals surface area contributed by atoms with E-state index in [0.717, 1.165) is 11.1 Å². The number of para-hydroxylation sites is 1. The van der Waals surface area contributed by atoms with Crippen LogP contribution in [-0.4, -0.2) is 36.6 Å². The van der Waals surface area contributed by atoms with E-state index in [1.54, 1.807) is 7.05 Å². The molecule has 4 nitrogen and oxygen atoms in total. The van der Waals surface area contributed by atoms with E-state index >= 15 is 0 Å². The molecule has 0 atom stereocenters. The molecule has 0 aliphatic rings. The van der Waals surface area contributed by atoms with E-state index in [2.05, 4.69) is 5.32 Å². The fraction of sp³-hybridized carbons (Fsp3) is 0.462. The Bertz CT molecular complexity index is 391. The average molecular weight is 236 g/mol. The predicted molar refractivity (Wildman–Crippen MR) is 67.9 cm³/mol. The minimum atomic E-state index is 0.0327. The fourth-order valence-electron chi connectivity index (χ4n) is 1.63. The van der Waals surface area contributed by atoms with Crippen molar-refractivity contribution < 1.29 is 9.90 Å². The number of hydrogen-bond donors (Lipinski definition) is 2. The predicted octanol–water partition coefficient (Wildman–Crippen LogP) is 1.27. The van der Waals surface area contributed by atoms with Crippen molar-refractivity contribution in [2.24, 2.45) is 0 Å². The summed E-state index contributed by atoms with van der Waals surface area (Å²) >= 11 is 0. The summed E-state index contributed by atoms with van der Waals surface area (Å²) in [4.78, 5) is 13.1.